The summed E-state index contributed by atoms with van der Waals surface area (Å²) >= 11 is 6.12. The second kappa shape index (κ2) is 11.4. The quantitative estimate of drug-likeness (QED) is 0.435. The molecule has 0 aromatic heterocycles. The number of benzene rings is 3. The largest absolute Gasteiger partial charge is 0.496 e. The van der Waals surface area contributed by atoms with Crippen molar-refractivity contribution in [3.63, 3.8) is 0 Å². The summed E-state index contributed by atoms with van der Waals surface area (Å²) in [7, 11) is -1.06. The molecule has 0 bridgehead atoms. The highest BCUT2D eigenvalue weighted by Crippen LogP contribution is 2.27. The van der Waals surface area contributed by atoms with E-state index in [2.05, 4.69) is 10.0 Å². The van der Waals surface area contributed by atoms with Crippen molar-refractivity contribution in [1.82, 2.24) is 10.0 Å². The van der Waals surface area contributed by atoms with E-state index in [1.54, 1.807) is 13.2 Å². The third-order valence-electron chi connectivity index (χ3n) is 5.29. The zero-order valence-electron chi connectivity index (χ0n) is 19.1. The molecule has 3 rings (SSSR count). The lowest BCUT2D eigenvalue weighted by Gasteiger charge is -2.23. The number of hydrogen-bond donors (Lipinski definition) is 2. The lowest BCUT2D eigenvalue weighted by molar-refractivity contribution is -0.123. The predicted molar refractivity (Wildman–Crippen MR) is 132 cm³/mol. The average molecular weight is 503 g/mol. The number of sulfonamides is 1. The predicted octanol–water partition coefficient (Wildman–Crippen LogP) is 4.12. The topological polar surface area (TPSA) is 93.7 Å². The van der Waals surface area contributed by atoms with Crippen molar-refractivity contribution in [3.05, 3.63) is 88.9 Å². The van der Waals surface area contributed by atoms with Gasteiger partial charge in [0.1, 0.15) is 17.5 Å². The number of amides is 1. The number of ether oxygens (including phenoxy) is 2. The highest BCUT2D eigenvalue weighted by Gasteiger charge is 2.28. The standard InChI is InChI=1S/C25H27ClN2O5S/c1-17(20-11-7-8-12-23(20)32-2)27-25(29)22(15-18-9-5-4-6-10-18)28-34(30,31)19-13-14-24(33-3)21(26)16-19/h4-14,16-17,22,28H,15H2,1-3H3,(H,27,29)/t17-,22-/m1/s1. The van der Waals surface area contributed by atoms with Crippen molar-refractivity contribution in [2.75, 3.05) is 14.2 Å². The van der Waals surface area contributed by atoms with Gasteiger partial charge in [0.15, 0.2) is 0 Å². The first kappa shape index (κ1) is 25.6. The van der Waals surface area contributed by atoms with Gasteiger partial charge < -0.3 is 14.8 Å². The van der Waals surface area contributed by atoms with E-state index < -0.39 is 28.0 Å². The van der Waals surface area contributed by atoms with E-state index in [1.165, 1.54) is 25.3 Å². The molecular weight excluding hydrogens is 476 g/mol. The summed E-state index contributed by atoms with van der Waals surface area (Å²) in [6.45, 7) is 1.81. The summed E-state index contributed by atoms with van der Waals surface area (Å²) in [4.78, 5) is 13.2. The Balaban J connectivity index is 1.87. The van der Waals surface area contributed by atoms with Gasteiger partial charge in [0.25, 0.3) is 0 Å². The maximum atomic E-state index is 13.3. The van der Waals surface area contributed by atoms with Crippen LogP contribution in [0.4, 0.5) is 0 Å². The van der Waals surface area contributed by atoms with Crippen LogP contribution in [-0.2, 0) is 21.2 Å². The normalized spacial score (nSPS) is 13.1. The van der Waals surface area contributed by atoms with Crippen molar-refractivity contribution in [2.45, 2.75) is 30.3 Å². The van der Waals surface area contributed by atoms with Gasteiger partial charge in [0.05, 0.1) is 30.2 Å². The second-order valence-electron chi connectivity index (χ2n) is 7.63. The molecule has 0 fully saturated rings. The van der Waals surface area contributed by atoms with E-state index in [4.69, 9.17) is 21.1 Å². The van der Waals surface area contributed by atoms with Gasteiger partial charge in [0.2, 0.25) is 15.9 Å². The Morgan fingerprint density at radius 3 is 2.24 bits per heavy atom. The number of methoxy groups -OCH3 is 2. The Labute approximate surface area is 205 Å². The number of nitrogens with one attached hydrogen (secondary N) is 2. The number of rotatable bonds is 10. The fourth-order valence-corrected chi connectivity index (χ4v) is 5.07. The van der Waals surface area contributed by atoms with E-state index >= 15 is 0 Å². The minimum absolute atomic E-state index is 0.0676. The first-order chi connectivity index (χ1) is 16.2. The maximum Gasteiger partial charge on any atom is 0.241 e. The van der Waals surface area contributed by atoms with Crippen LogP contribution in [0.5, 0.6) is 11.5 Å². The van der Waals surface area contributed by atoms with Gasteiger partial charge in [-0.2, -0.15) is 4.72 Å². The van der Waals surface area contributed by atoms with Crippen molar-refractivity contribution >= 4 is 27.5 Å². The third-order valence-corrected chi connectivity index (χ3v) is 7.06. The molecule has 0 radical (unpaired) electrons. The molecule has 2 N–H and O–H groups in total. The van der Waals surface area contributed by atoms with E-state index in [0.29, 0.717) is 11.5 Å². The zero-order valence-corrected chi connectivity index (χ0v) is 20.7. The number of carbonyl (C=O) groups is 1. The highest BCUT2D eigenvalue weighted by molar-refractivity contribution is 7.89. The molecule has 0 aliphatic heterocycles. The van der Waals surface area contributed by atoms with Crippen LogP contribution < -0.4 is 19.5 Å². The molecule has 180 valence electrons. The number of hydrogen-bond acceptors (Lipinski definition) is 5. The van der Waals surface area contributed by atoms with Gasteiger partial charge in [-0.3, -0.25) is 4.79 Å². The molecule has 0 heterocycles. The molecular formula is C25H27ClN2O5S. The minimum atomic E-state index is -4.06. The Kier molecular flexibility index (Phi) is 8.55. The van der Waals surface area contributed by atoms with Crippen LogP contribution in [0.2, 0.25) is 5.02 Å². The Hall–Kier alpha value is -3.07. The molecule has 7 nitrogen and oxygen atoms in total. The van der Waals surface area contributed by atoms with Crippen LogP contribution in [-0.4, -0.2) is 34.6 Å². The average Bonchev–Trinajstić information content (AvgIpc) is 2.84. The van der Waals surface area contributed by atoms with E-state index in [1.807, 2.05) is 55.5 Å². The molecule has 0 saturated carbocycles. The first-order valence-electron chi connectivity index (χ1n) is 10.6. The van der Waals surface area contributed by atoms with E-state index in [9.17, 15) is 13.2 Å². The molecule has 1 amide bonds. The maximum absolute atomic E-state index is 13.3. The van der Waals surface area contributed by atoms with Crippen molar-refractivity contribution < 1.29 is 22.7 Å². The molecule has 0 spiro atoms. The summed E-state index contributed by atoms with van der Waals surface area (Å²) in [6, 6.07) is 19.2. The monoisotopic (exact) mass is 502 g/mol. The highest BCUT2D eigenvalue weighted by atomic mass is 35.5. The number of halogens is 1. The molecule has 3 aromatic rings. The summed E-state index contributed by atoms with van der Waals surface area (Å²) < 4.78 is 39.3. The molecule has 2 atom stereocenters. The summed E-state index contributed by atoms with van der Waals surface area (Å²) in [6.07, 6.45) is 0.161. The minimum Gasteiger partial charge on any atom is -0.496 e. The SMILES string of the molecule is COc1ccc(S(=O)(=O)N[C@H](Cc2ccccc2)C(=O)N[C@H](C)c2ccccc2OC)cc1Cl. The third kappa shape index (κ3) is 6.28. The van der Waals surface area contributed by atoms with Gasteiger partial charge >= 0.3 is 0 Å². The lowest BCUT2D eigenvalue weighted by Crippen LogP contribution is -2.48. The number of para-hydroxylation sites is 1. The second-order valence-corrected chi connectivity index (χ2v) is 9.75. The van der Waals surface area contributed by atoms with E-state index in [-0.39, 0.29) is 16.3 Å². The van der Waals surface area contributed by atoms with Crippen LogP contribution in [0.3, 0.4) is 0 Å². The lowest BCUT2D eigenvalue weighted by atomic mass is 10.0. The van der Waals surface area contributed by atoms with Crippen LogP contribution in [0.15, 0.2) is 77.7 Å². The molecule has 34 heavy (non-hydrogen) atoms. The van der Waals surface area contributed by atoms with Crippen molar-refractivity contribution in [2.24, 2.45) is 0 Å². The van der Waals surface area contributed by atoms with Gasteiger partial charge in [-0.15, -0.1) is 0 Å². The molecule has 3 aromatic carbocycles. The molecule has 9 heteroatoms. The van der Waals surface area contributed by atoms with Gasteiger partial charge in [-0.05, 0) is 43.2 Å². The summed E-state index contributed by atoms with van der Waals surface area (Å²) in [5, 5.41) is 3.06. The number of carbonyl (C=O) groups excluding carboxylic acids is 1. The van der Waals surface area contributed by atoms with Crippen molar-refractivity contribution in [1.29, 1.82) is 0 Å². The van der Waals surface area contributed by atoms with Crippen molar-refractivity contribution in [3.8, 4) is 11.5 Å². The van der Waals surface area contributed by atoms with E-state index in [0.717, 1.165) is 11.1 Å². The van der Waals surface area contributed by atoms with Gasteiger partial charge in [-0.1, -0.05) is 60.1 Å². The van der Waals surface area contributed by atoms with Gasteiger partial charge in [-0.25, -0.2) is 8.42 Å². The smallest absolute Gasteiger partial charge is 0.241 e. The fraction of sp³-hybridized carbons (Fsp3) is 0.240. The van der Waals surface area contributed by atoms with Crippen LogP contribution in [0.25, 0.3) is 0 Å². The summed E-state index contributed by atoms with van der Waals surface area (Å²) in [5.74, 6) is 0.513. The van der Waals surface area contributed by atoms with Gasteiger partial charge in [0, 0.05) is 5.56 Å². The molecule has 0 saturated heterocycles. The van der Waals surface area contributed by atoms with Crippen LogP contribution >= 0.6 is 11.6 Å². The molecule has 0 unspecified atom stereocenters. The summed E-state index contributed by atoms with van der Waals surface area (Å²) in [5.41, 5.74) is 1.59. The molecule has 0 aliphatic rings. The van der Waals surface area contributed by atoms with Crippen LogP contribution in [0, 0.1) is 0 Å². The fourth-order valence-electron chi connectivity index (χ4n) is 3.52. The zero-order chi connectivity index (χ0) is 24.7. The Bertz CT molecular complexity index is 1240. The molecule has 0 aliphatic carbocycles. The Morgan fingerprint density at radius 1 is 0.941 bits per heavy atom. The van der Waals surface area contributed by atoms with Crippen LogP contribution in [0.1, 0.15) is 24.1 Å². The first-order valence-corrected chi connectivity index (χ1v) is 12.4. The Morgan fingerprint density at radius 2 is 1.59 bits per heavy atom.